The fourth-order valence-corrected chi connectivity index (χ4v) is 4.68. The second-order valence-corrected chi connectivity index (χ2v) is 8.94. The van der Waals surface area contributed by atoms with Crippen LogP contribution < -0.4 is 9.47 Å². The number of esters is 1. The molecule has 4 nitrogen and oxygen atoms in total. The van der Waals surface area contributed by atoms with E-state index in [0.29, 0.717) is 11.7 Å². The van der Waals surface area contributed by atoms with Gasteiger partial charge in [0.1, 0.15) is 5.75 Å². The summed E-state index contributed by atoms with van der Waals surface area (Å²) in [5, 5.41) is 1.76. The summed E-state index contributed by atoms with van der Waals surface area (Å²) < 4.78 is 18.5. The molecule has 2 heterocycles. The van der Waals surface area contributed by atoms with Gasteiger partial charge in [0.25, 0.3) is 0 Å². The van der Waals surface area contributed by atoms with Crippen LogP contribution in [0.2, 0.25) is 0 Å². The van der Waals surface area contributed by atoms with Gasteiger partial charge >= 0.3 is 5.97 Å². The molecule has 1 saturated heterocycles. The predicted molar refractivity (Wildman–Crippen MR) is 120 cm³/mol. The maximum absolute atomic E-state index is 12.6. The van der Waals surface area contributed by atoms with Crippen LogP contribution in [0.4, 0.5) is 0 Å². The van der Waals surface area contributed by atoms with Crippen LogP contribution in [0.5, 0.6) is 10.8 Å². The largest absolute Gasteiger partial charge is 0.494 e. The Balaban J connectivity index is 1.29. The molecule has 1 aromatic heterocycles. The predicted octanol–water partition coefficient (Wildman–Crippen LogP) is 6.46. The van der Waals surface area contributed by atoms with E-state index in [1.54, 1.807) is 0 Å². The van der Waals surface area contributed by atoms with Crippen LogP contribution in [0.15, 0.2) is 48.5 Å². The summed E-state index contributed by atoms with van der Waals surface area (Å²) in [4.78, 5) is 12.6. The number of hydrogen-bond donors (Lipinski definition) is 0. The average Bonchev–Trinajstić information content (AvgIpc) is 3.16. The number of fused-ring (bicyclic) bond motifs is 1. The van der Waals surface area contributed by atoms with E-state index in [4.69, 9.17) is 14.2 Å². The van der Waals surface area contributed by atoms with Gasteiger partial charge in [-0.2, -0.15) is 0 Å². The van der Waals surface area contributed by atoms with Crippen LogP contribution in [0.25, 0.3) is 10.1 Å². The minimum absolute atomic E-state index is 0.0195. The number of thiophene rings is 1. The molecular weight excluding hydrogens is 396 g/mol. The quantitative estimate of drug-likeness (QED) is 0.322. The standard InChI is InChI=1S/C25H28O4S/c1-3-4-13-27-21-10-7-18(8-11-21)22-12-9-20(16-28-22)25(26)29-24-15-19-6-5-17(2)14-23(19)30-24/h5-8,10-11,14-15,20,22H,3-4,9,12-13,16H2,1-2H3. The first-order valence-corrected chi connectivity index (χ1v) is 11.5. The van der Waals surface area contributed by atoms with E-state index in [-0.39, 0.29) is 18.0 Å². The Labute approximate surface area is 181 Å². The highest BCUT2D eigenvalue weighted by molar-refractivity contribution is 7.20. The Kier molecular flexibility index (Phi) is 6.70. The number of rotatable bonds is 7. The first kappa shape index (κ1) is 20.9. The second kappa shape index (κ2) is 9.63. The highest BCUT2D eigenvalue weighted by Crippen LogP contribution is 2.35. The fraction of sp³-hybridized carbons (Fsp3) is 0.400. The van der Waals surface area contributed by atoms with Gasteiger partial charge in [-0.25, -0.2) is 0 Å². The third kappa shape index (κ3) is 5.02. The van der Waals surface area contributed by atoms with Gasteiger partial charge in [0.05, 0.1) is 25.2 Å². The number of aryl methyl sites for hydroxylation is 1. The van der Waals surface area contributed by atoms with Gasteiger partial charge in [0.15, 0.2) is 5.06 Å². The zero-order valence-corrected chi connectivity index (χ0v) is 18.4. The molecule has 1 aliphatic heterocycles. The molecule has 0 N–H and O–H groups in total. The van der Waals surface area contributed by atoms with E-state index in [1.807, 2.05) is 18.2 Å². The molecule has 2 aromatic carbocycles. The topological polar surface area (TPSA) is 44.8 Å². The highest BCUT2D eigenvalue weighted by atomic mass is 32.1. The summed E-state index contributed by atoms with van der Waals surface area (Å²) in [5.74, 6) is 0.476. The summed E-state index contributed by atoms with van der Waals surface area (Å²) in [5.41, 5.74) is 2.33. The Morgan fingerprint density at radius 2 is 1.97 bits per heavy atom. The molecule has 1 fully saturated rings. The number of unbranched alkanes of at least 4 members (excludes halogenated alkanes) is 1. The number of hydrogen-bond acceptors (Lipinski definition) is 5. The number of carbonyl (C=O) groups is 1. The summed E-state index contributed by atoms with van der Waals surface area (Å²) in [6, 6.07) is 16.3. The van der Waals surface area contributed by atoms with Crippen molar-refractivity contribution in [1.29, 1.82) is 0 Å². The lowest BCUT2D eigenvalue weighted by atomic mass is 9.95. The molecule has 4 rings (SSSR count). The van der Waals surface area contributed by atoms with Crippen molar-refractivity contribution in [3.05, 3.63) is 59.7 Å². The van der Waals surface area contributed by atoms with E-state index < -0.39 is 0 Å². The molecule has 0 radical (unpaired) electrons. The Hall–Kier alpha value is -2.37. The van der Waals surface area contributed by atoms with Gasteiger partial charge in [-0.15, -0.1) is 0 Å². The van der Waals surface area contributed by atoms with Crippen molar-refractivity contribution in [3.63, 3.8) is 0 Å². The van der Waals surface area contributed by atoms with Crippen molar-refractivity contribution in [1.82, 2.24) is 0 Å². The van der Waals surface area contributed by atoms with Crippen LogP contribution in [0.3, 0.4) is 0 Å². The van der Waals surface area contributed by atoms with Crippen molar-refractivity contribution in [2.45, 2.75) is 45.6 Å². The van der Waals surface area contributed by atoms with Crippen LogP contribution in [0.1, 0.15) is 49.8 Å². The van der Waals surface area contributed by atoms with Crippen LogP contribution in [0, 0.1) is 12.8 Å². The molecule has 1 aliphatic rings. The van der Waals surface area contributed by atoms with Crippen LogP contribution in [-0.4, -0.2) is 19.2 Å². The third-order valence-corrected chi connectivity index (χ3v) is 6.46. The monoisotopic (exact) mass is 424 g/mol. The molecule has 0 bridgehead atoms. The van der Waals surface area contributed by atoms with Gasteiger partial charge in [0, 0.05) is 10.8 Å². The summed E-state index contributed by atoms with van der Waals surface area (Å²) >= 11 is 1.51. The maximum atomic E-state index is 12.6. The van der Waals surface area contributed by atoms with Crippen molar-refractivity contribution < 1.29 is 19.0 Å². The van der Waals surface area contributed by atoms with Crippen molar-refractivity contribution >= 4 is 27.4 Å². The maximum Gasteiger partial charge on any atom is 0.317 e. The van der Waals surface area contributed by atoms with Gasteiger partial charge in [-0.1, -0.05) is 48.9 Å². The van der Waals surface area contributed by atoms with Gasteiger partial charge in [0.2, 0.25) is 0 Å². The molecule has 5 heteroatoms. The Bertz CT molecular complexity index is 984. The Morgan fingerprint density at radius 1 is 1.13 bits per heavy atom. The van der Waals surface area contributed by atoms with Crippen molar-refractivity contribution in [2.75, 3.05) is 13.2 Å². The number of ether oxygens (including phenoxy) is 3. The molecule has 30 heavy (non-hydrogen) atoms. The molecule has 0 amide bonds. The second-order valence-electron chi connectivity index (χ2n) is 7.90. The molecule has 0 aliphatic carbocycles. The van der Waals surface area contributed by atoms with E-state index in [2.05, 4.69) is 44.2 Å². The molecule has 158 valence electrons. The number of benzene rings is 2. The van der Waals surface area contributed by atoms with Crippen molar-refractivity contribution in [2.24, 2.45) is 5.92 Å². The lowest BCUT2D eigenvalue weighted by Crippen LogP contribution is -2.30. The molecular formula is C25H28O4S. The zero-order valence-electron chi connectivity index (χ0n) is 17.6. The summed E-state index contributed by atoms with van der Waals surface area (Å²) in [7, 11) is 0. The highest BCUT2D eigenvalue weighted by Gasteiger charge is 2.29. The zero-order chi connectivity index (χ0) is 20.9. The smallest absolute Gasteiger partial charge is 0.317 e. The van der Waals surface area contributed by atoms with Crippen molar-refractivity contribution in [3.8, 4) is 10.8 Å². The van der Waals surface area contributed by atoms with Gasteiger partial charge < -0.3 is 14.2 Å². The normalized spacial score (nSPS) is 19.0. The lowest BCUT2D eigenvalue weighted by molar-refractivity contribution is -0.145. The molecule has 2 unspecified atom stereocenters. The average molecular weight is 425 g/mol. The summed E-state index contributed by atoms with van der Waals surface area (Å²) in [6.07, 6.45) is 3.78. The third-order valence-electron chi connectivity index (χ3n) is 5.48. The fourth-order valence-electron chi connectivity index (χ4n) is 3.66. The van der Waals surface area contributed by atoms with E-state index in [9.17, 15) is 4.79 Å². The number of carbonyl (C=O) groups excluding carboxylic acids is 1. The summed E-state index contributed by atoms with van der Waals surface area (Å²) in [6.45, 7) is 5.36. The molecule has 3 aromatic rings. The van der Waals surface area contributed by atoms with Crippen LogP contribution in [-0.2, 0) is 9.53 Å². The molecule has 0 saturated carbocycles. The van der Waals surface area contributed by atoms with Gasteiger partial charge in [-0.05, 0) is 60.9 Å². The minimum atomic E-state index is -0.218. The van der Waals surface area contributed by atoms with E-state index >= 15 is 0 Å². The first-order valence-electron chi connectivity index (χ1n) is 10.7. The van der Waals surface area contributed by atoms with Gasteiger partial charge in [-0.3, -0.25) is 4.79 Å². The Morgan fingerprint density at radius 3 is 2.70 bits per heavy atom. The molecule has 2 atom stereocenters. The first-order chi connectivity index (χ1) is 14.6. The lowest BCUT2D eigenvalue weighted by Gasteiger charge is -2.28. The minimum Gasteiger partial charge on any atom is -0.494 e. The SMILES string of the molecule is CCCCOc1ccc(C2CCC(C(=O)Oc3cc4ccc(C)cc4s3)CO2)cc1. The van der Waals surface area contributed by atoms with E-state index in [0.717, 1.165) is 53.7 Å². The molecule has 0 spiro atoms. The van der Waals surface area contributed by atoms with E-state index in [1.165, 1.54) is 16.9 Å². The van der Waals surface area contributed by atoms with Crippen LogP contribution >= 0.6 is 11.3 Å².